The Hall–Kier alpha value is -2.53. The molecule has 0 aromatic heterocycles. The maximum Gasteiger partial charge on any atom is 0.258 e. The highest BCUT2D eigenvalue weighted by molar-refractivity contribution is 5.77. The summed E-state index contributed by atoms with van der Waals surface area (Å²) in [7, 11) is 1.68. The number of hydrogen-bond acceptors (Lipinski definition) is 4. The quantitative estimate of drug-likeness (QED) is 0.757. The van der Waals surface area contributed by atoms with Gasteiger partial charge in [-0.15, -0.1) is 0 Å². The van der Waals surface area contributed by atoms with Crippen molar-refractivity contribution in [3.8, 4) is 11.5 Å². The zero-order valence-corrected chi connectivity index (χ0v) is 17.0. The molecule has 1 aliphatic heterocycles. The van der Waals surface area contributed by atoms with Gasteiger partial charge in [-0.05, 0) is 80.7 Å². The lowest BCUT2D eigenvalue weighted by molar-refractivity contribution is -0.123. The first kappa shape index (κ1) is 20.2. The van der Waals surface area contributed by atoms with E-state index in [1.807, 2.05) is 37.3 Å². The smallest absolute Gasteiger partial charge is 0.258 e. The Labute approximate surface area is 167 Å². The van der Waals surface area contributed by atoms with Crippen LogP contribution in [0.2, 0.25) is 0 Å². The summed E-state index contributed by atoms with van der Waals surface area (Å²) < 4.78 is 11.0. The topological polar surface area (TPSA) is 50.8 Å². The van der Waals surface area contributed by atoms with Crippen LogP contribution in [0.3, 0.4) is 0 Å². The lowest BCUT2D eigenvalue weighted by Gasteiger charge is -2.28. The first-order valence-electron chi connectivity index (χ1n) is 9.91. The molecule has 1 atom stereocenters. The summed E-state index contributed by atoms with van der Waals surface area (Å²) in [6.07, 6.45) is 2.40. The van der Waals surface area contributed by atoms with Gasteiger partial charge >= 0.3 is 0 Å². The van der Waals surface area contributed by atoms with Crippen molar-refractivity contribution in [3.05, 3.63) is 59.2 Å². The van der Waals surface area contributed by atoms with Crippen LogP contribution in [-0.4, -0.2) is 44.2 Å². The number of nitrogens with zero attached hydrogens (tertiary/aromatic N) is 1. The predicted octanol–water partition coefficient (Wildman–Crippen LogP) is 3.64. The maximum atomic E-state index is 12.4. The molecule has 28 heavy (non-hydrogen) atoms. The Kier molecular flexibility index (Phi) is 6.93. The van der Waals surface area contributed by atoms with Gasteiger partial charge < -0.3 is 14.8 Å². The number of hydrogen-bond donors (Lipinski definition) is 1. The fourth-order valence-electron chi connectivity index (χ4n) is 3.57. The summed E-state index contributed by atoms with van der Waals surface area (Å²) in [4.78, 5) is 14.8. The highest BCUT2D eigenvalue weighted by atomic mass is 16.5. The Morgan fingerprint density at radius 2 is 1.86 bits per heavy atom. The molecule has 1 amide bonds. The van der Waals surface area contributed by atoms with Crippen LogP contribution in [0.4, 0.5) is 0 Å². The molecule has 0 bridgehead atoms. The van der Waals surface area contributed by atoms with Crippen LogP contribution < -0.4 is 14.8 Å². The normalized spacial score (nSPS) is 15.2. The number of carbonyl (C=O) groups is 1. The van der Waals surface area contributed by atoms with Crippen molar-refractivity contribution in [3.63, 3.8) is 0 Å². The number of likely N-dealkylation sites (tertiary alicyclic amines) is 1. The van der Waals surface area contributed by atoms with Gasteiger partial charge in [0.2, 0.25) is 0 Å². The average molecular weight is 383 g/mol. The van der Waals surface area contributed by atoms with Gasteiger partial charge in [0.15, 0.2) is 6.61 Å². The lowest BCUT2D eigenvalue weighted by atomic mass is 10.0. The summed E-state index contributed by atoms with van der Waals surface area (Å²) in [5.74, 6) is 1.46. The van der Waals surface area contributed by atoms with Crippen LogP contribution in [0.1, 0.15) is 35.6 Å². The monoisotopic (exact) mass is 382 g/mol. The molecule has 2 aromatic carbocycles. The van der Waals surface area contributed by atoms with Crippen molar-refractivity contribution in [2.24, 2.45) is 0 Å². The van der Waals surface area contributed by atoms with Gasteiger partial charge in [0, 0.05) is 6.54 Å². The molecule has 0 radical (unpaired) electrons. The number of aryl methyl sites for hydroxylation is 2. The van der Waals surface area contributed by atoms with Crippen molar-refractivity contribution >= 4 is 5.91 Å². The van der Waals surface area contributed by atoms with E-state index in [9.17, 15) is 4.79 Å². The van der Waals surface area contributed by atoms with Gasteiger partial charge in [-0.2, -0.15) is 0 Å². The summed E-state index contributed by atoms with van der Waals surface area (Å²) in [5.41, 5.74) is 3.53. The minimum absolute atomic E-state index is 0.0212. The molecule has 1 fully saturated rings. The van der Waals surface area contributed by atoms with E-state index in [0.29, 0.717) is 6.54 Å². The Morgan fingerprint density at radius 3 is 2.57 bits per heavy atom. The fraction of sp³-hybridized carbons (Fsp3) is 0.435. The second-order valence-corrected chi connectivity index (χ2v) is 7.37. The molecule has 150 valence electrons. The third-order valence-electron chi connectivity index (χ3n) is 5.40. The van der Waals surface area contributed by atoms with E-state index < -0.39 is 0 Å². The SMILES string of the molecule is COc1cccc(C(CNC(=O)COc2ccc(C)c(C)c2)N2CCCC2)c1. The second kappa shape index (κ2) is 9.60. The molecule has 1 aliphatic rings. The minimum atomic E-state index is -0.106. The van der Waals surface area contributed by atoms with Crippen LogP contribution in [0.15, 0.2) is 42.5 Å². The predicted molar refractivity (Wildman–Crippen MR) is 111 cm³/mol. The van der Waals surface area contributed by atoms with Gasteiger partial charge in [-0.25, -0.2) is 0 Å². The van der Waals surface area contributed by atoms with Crippen molar-refractivity contribution < 1.29 is 14.3 Å². The maximum absolute atomic E-state index is 12.4. The number of methoxy groups -OCH3 is 1. The molecule has 1 heterocycles. The lowest BCUT2D eigenvalue weighted by Crippen LogP contribution is -2.38. The summed E-state index contributed by atoms with van der Waals surface area (Å²) in [6.45, 7) is 6.78. The number of rotatable bonds is 8. The number of carbonyl (C=O) groups excluding carboxylic acids is 1. The van der Waals surface area contributed by atoms with E-state index in [1.54, 1.807) is 7.11 Å². The van der Waals surface area contributed by atoms with E-state index in [2.05, 4.69) is 29.3 Å². The van der Waals surface area contributed by atoms with E-state index >= 15 is 0 Å². The van der Waals surface area contributed by atoms with Crippen LogP contribution in [0.5, 0.6) is 11.5 Å². The summed E-state index contributed by atoms with van der Waals surface area (Å²) in [5, 5.41) is 3.05. The first-order valence-corrected chi connectivity index (χ1v) is 9.91. The zero-order valence-electron chi connectivity index (χ0n) is 17.0. The van der Waals surface area contributed by atoms with Gasteiger partial charge in [0.25, 0.3) is 5.91 Å². The number of amides is 1. The van der Waals surface area contributed by atoms with Crippen LogP contribution in [0.25, 0.3) is 0 Å². The Bertz CT molecular complexity index is 800. The van der Waals surface area contributed by atoms with Gasteiger partial charge in [0.05, 0.1) is 13.2 Å². The number of ether oxygens (including phenoxy) is 2. The zero-order chi connectivity index (χ0) is 19.9. The number of nitrogens with one attached hydrogen (secondary N) is 1. The highest BCUT2D eigenvalue weighted by Gasteiger charge is 2.24. The minimum Gasteiger partial charge on any atom is -0.497 e. The molecule has 1 N–H and O–H groups in total. The van der Waals surface area contributed by atoms with E-state index in [1.165, 1.54) is 18.4 Å². The van der Waals surface area contributed by atoms with Crippen LogP contribution >= 0.6 is 0 Å². The average Bonchev–Trinajstić information content (AvgIpc) is 3.23. The van der Waals surface area contributed by atoms with Gasteiger partial charge in [0.1, 0.15) is 11.5 Å². The Balaban J connectivity index is 1.59. The largest absolute Gasteiger partial charge is 0.497 e. The van der Waals surface area contributed by atoms with Gasteiger partial charge in [-0.3, -0.25) is 9.69 Å². The van der Waals surface area contributed by atoms with Crippen molar-refractivity contribution in [1.82, 2.24) is 10.2 Å². The van der Waals surface area contributed by atoms with E-state index in [4.69, 9.17) is 9.47 Å². The molecule has 5 nitrogen and oxygen atoms in total. The summed E-state index contributed by atoms with van der Waals surface area (Å²) >= 11 is 0. The number of benzene rings is 2. The molecule has 0 aliphatic carbocycles. The highest BCUT2D eigenvalue weighted by Crippen LogP contribution is 2.27. The first-order chi connectivity index (χ1) is 13.6. The third-order valence-corrected chi connectivity index (χ3v) is 5.40. The van der Waals surface area contributed by atoms with Crippen LogP contribution in [0, 0.1) is 13.8 Å². The van der Waals surface area contributed by atoms with E-state index in [0.717, 1.165) is 35.7 Å². The molecule has 0 spiro atoms. The molecular formula is C23H30N2O3. The molecular weight excluding hydrogens is 352 g/mol. The Morgan fingerprint density at radius 1 is 1.07 bits per heavy atom. The standard InChI is InChI=1S/C23H30N2O3/c1-17-9-10-21(13-18(17)2)28-16-23(26)24-15-22(25-11-4-5-12-25)19-7-6-8-20(14-19)27-3/h6-10,13-14,22H,4-5,11-12,15-16H2,1-3H3,(H,24,26). The van der Waals surface area contributed by atoms with Crippen molar-refractivity contribution in [2.75, 3.05) is 33.4 Å². The third kappa shape index (κ3) is 5.26. The molecule has 0 saturated carbocycles. The molecule has 1 saturated heterocycles. The summed E-state index contributed by atoms with van der Waals surface area (Å²) in [6, 6.07) is 14.1. The molecule has 1 unspecified atom stereocenters. The molecule has 5 heteroatoms. The van der Waals surface area contributed by atoms with Crippen LogP contribution in [-0.2, 0) is 4.79 Å². The molecule has 3 rings (SSSR count). The van der Waals surface area contributed by atoms with Crippen molar-refractivity contribution in [1.29, 1.82) is 0 Å². The van der Waals surface area contributed by atoms with E-state index in [-0.39, 0.29) is 18.6 Å². The van der Waals surface area contributed by atoms with Crippen molar-refractivity contribution in [2.45, 2.75) is 32.7 Å². The second-order valence-electron chi connectivity index (χ2n) is 7.37. The molecule has 2 aromatic rings. The fourth-order valence-corrected chi connectivity index (χ4v) is 3.57. The van der Waals surface area contributed by atoms with Gasteiger partial charge in [-0.1, -0.05) is 18.2 Å².